The Morgan fingerprint density at radius 1 is 1.64 bits per heavy atom. The number of rotatable bonds is 2. The monoisotopic (exact) mass is 168 g/mol. The number of allylic oxidation sites excluding steroid dienone is 3. The Labute approximate surface area is 70.2 Å². The molecule has 2 nitrogen and oxygen atoms in total. The molecule has 0 fully saturated rings. The van der Waals surface area contributed by atoms with Crippen LogP contribution in [0.5, 0.6) is 0 Å². The van der Waals surface area contributed by atoms with Gasteiger partial charge in [0.2, 0.25) is 0 Å². The lowest BCUT2D eigenvalue weighted by Gasteiger charge is -2.03. The van der Waals surface area contributed by atoms with Gasteiger partial charge in [0, 0.05) is 11.3 Å². The second-order valence-electron chi connectivity index (χ2n) is 2.35. The van der Waals surface area contributed by atoms with E-state index in [1.165, 1.54) is 0 Å². The molecule has 0 heterocycles. The highest BCUT2D eigenvalue weighted by atomic mass is 32.1. The van der Waals surface area contributed by atoms with E-state index in [4.69, 9.17) is 17.3 Å². The van der Waals surface area contributed by atoms with Crippen molar-refractivity contribution in [2.24, 2.45) is 0 Å². The van der Waals surface area contributed by atoms with Gasteiger partial charge in [0.15, 0.2) is 0 Å². The molecule has 0 aromatic rings. The maximum Gasteiger partial charge on any atom is 0.307 e. The summed E-state index contributed by atoms with van der Waals surface area (Å²) in [6.45, 7) is 0. The van der Waals surface area contributed by atoms with Crippen molar-refractivity contribution in [1.29, 1.82) is 0 Å². The molecular weight excluding hydrogens is 160 g/mol. The number of hydrogen-bond donors (Lipinski definition) is 1. The molecule has 1 aliphatic carbocycles. The van der Waals surface area contributed by atoms with Crippen LogP contribution < -0.4 is 0 Å². The summed E-state index contributed by atoms with van der Waals surface area (Å²) >= 11 is 4.89. The van der Waals surface area contributed by atoms with E-state index in [0.717, 1.165) is 10.4 Å². The fourth-order valence-electron chi connectivity index (χ4n) is 0.873. The second kappa shape index (κ2) is 3.44. The molecule has 0 aromatic carbocycles. The van der Waals surface area contributed by atoms with Gasteiger partial charge in [0.25, 0.3) is 0 Å². The standard InChI is InChI=1S/C8H8O2S/c9-8(10)5-6-1-3-7(11)4-2-6/h1-3H,4-5H2,(H,9,10). The van der Waals surface area contributed by atoms with Crippen molar-refractivity contribution in [2.45, 2.75) is 12.8 Å². The number of carboxylic acids is 1. The number of aliphatic carboxylic acids is 1. The van der Waals surface area contributed by atoms with Crippen molar-refractivity contribution in [3.63, 3.8) is 0 Å². The van der Waals surface area contributed by atoms with E-state index in [2.05, 4.69) is 0 Å². The first kappa shape index (κ1) is 8.14. The van der Waals surface area contributed by atoms with Gasteiger partial charge in [-0.05, 0) is 11.6 Å². The molecule has 0 unspecified atom stereocenters. The van der Waals surface area contributed by atoms with Crippen LogP contribution in [0.25, 0.3) is 0 Å². The van der Waals surface area contributed by atoms with Crippen LogP contribution in [0.1, 0.15) is 12.8 Å². The largest absolute Gasteiger partial charge is 0.481 e. The van der Waals surface area contributed by atoms with Crippen molar-refractivity contribution in [1.82, 2.24) is 0 Å². The maximum absolute atomic E-state index is 10.2. The van der Waals surface area contributed by atoms with E-state index in [1.807, 2.05) is 6.08 Å². The third kappa shape index (κ3) is 2.63. The van der Waals surface area contributed by atoms with Gasteiger partial charge < -0.3 is 5.11 Å². The SMILES string of the molecule is O=C(O)CC1=CCC(=S)C=C1. The van der Waals surface area contributed by atoms with Gasteiger partial charge >= 0.3 is 5.97 Å². The third-order valence-corrected chi connectivity index (χ3v) is 1.71. The zero-order valence-electron chi connectivity index (χ0n) is 5.91. The lowest BCUT2D eigenvalue weighted by Crippen LogP contribution is -2.00. The fraction of sp³-hybridized carbons (Fsp3) is 0.250. The number of thiocarbonyl (C=S) groups is 1. The Morgan fingerprint density at radius 3 is 2.82 bits per heavy atom. The minimum absolute atomic E-state index is 0.0963. The zero-order valence-corrected chi connectivity index (χ0v) is 6.73. The topological polar surface area (TPSA) is 37.3 Å². The van der Waals surface area contributed by atoms with Gasteiger partial charge in [-0.3, -0.25) is 4.79 Å². The first-order valence-electron chi connectivity index (χ1n) is 3.30. The third-order valence-electron chi connectivity index (χ3n) is 1.40. The molecule has 0 aromatic heterocycles. The molecule has 0 saturated heterocycles. The summed E-state index contributed by atoms with van der Waals surface area (Å²) in [5.41, 5.74) is 0.839. The number of hydrogen-bond acceptors (Lipinski definition) is 2. The Bertz CT molecular complexity index is 251. The van der Waals surface area contributed by atoms with Crippen LogP contribution in [0.3, 0.4) is 0 Å². The average Bonchev–Trinajstić information content (AvgIpc) is 1.93. The van der Waals surface area contributed by atoms with Crippen LogP contribution in [0, 0.1) is 0 Å². The van der Waals surface area contributed by atoms with Crippen LogP contribution in [-0.4, -0.2) is 15.9 Å². The molecule has 3 heteroatoms. The molecule has 0 radical (unpaired) electrons. The Kier molecular flexibility index (Phi) is 2.54. The van der Waals surface area contributed by atoms with Crippen molar-refractivity contribution in [3.8, 4) is 0 Å². The predicted molar refractivity (Wildman–Crippen MR) is 46.7 cm³/mol. The summed E-state index contributed by atoms with van der Waals surface area (Å²) in [6, 6.07) is 0. The van der Waals surface area contributed by atoms with E-state index in [0.29, 0.717) is 6.42 Å². The lowest BCUT2D eigenvalue weighted by atomic mass is 10.0. The molecule has 1 rings (SSSR count). The maximum atomic E-state index is 10.2. The summed E-state index contributed by atoms with van der Waals surface area (Å²) in [5.74, 6) is -0.797. The second-order valence-corrected chi connectivity index (χ2v) is 2.88. The molecule has 0 amide bonds. The quantitative estimate of drug-likeness (QED) is 0.638. The summed E-state index contributed by atoms with van der Waals surface area (Å²) in [5, 5.41) is 8.42. The highest BCUT2D eigenvalue weighted by molar-refractivity contribution is 7.80. The van der Waals surface area contributed by atoms with E-state index < -0.39 is 5.97 Å². The molecule has 0 bridgehead atoms. The molecule has 58 valence electrons. The van der Waals surface area contributed by atoms with Gasteiger partial charge in [0.1, 0.15) is 0 Å². The van der Waals surface area contributed by atoms with Gasteiger partial charge in [0.05, 0.1) is 6.42 Å². The summed E-state index contributed by atoms with van der Waals surface area (Å²) in [4.78, 5) is 11.1. The van der Waals surface area contributed by atoms with E-state index >= 15 is 0 Å². The van der Waals surface area contributed by atoms with Gasteiger partial charge in [-0.1, -0.05) is 24.4 Å². The normalized spacial score (nSPS) is 16.4. The lowest BCUT2D eigenvalue weighted by molar-refractivity contribution is -0.136. The smallest absolute Gasteiger partial charge is 0.307 e. The van der Waals surface area contributed by atoms with Crippen LogP contribution in [-0.2, 0) is 4.79 Å². The first-order valence-corrected chi connectivity index (χ1v) is 3.71. The molecule has 0 atom stereocenters. The van der Waals surface area contributed by atoms with Crippen molar-refractivity contribution in [2.75, 3.05) is 0 Å². The van der Waals surface area contributed by atoms with Crippen LogP contribution >= 0.6 is 12.2 Å². The van der Waals surface area contributed by atoms with Gasteiger partial charge in [-0.2, -0.15) is 0 Å². The Morgan fingerprint density at radius 2 is 2.36 bits per heavy atom. The van der Waals surface area contributed by atoms with E-state index in [1.54, 1.807) is 12.2 Å². The number of carbonyl (C=O) groups is 1. The van der Waals surface area contributed by atoms with Crippen LogP contribution in [0.4, 0.5) is 0 Å². The fourth-order valence-corrected chi connectivity index (χ4v) is 1.02. The van der Waals surface area contributed by atoms with Crippen LogP contribution in [0.2, 0.25) is 0 Å². The minimum atomic E-state index is -0.797. The predicted octanol–water partition coefficient (Wildman–Crippen LogP) is 1.72. The minimum Gasteiger partial charge on any atom is -0.481 e. The molecule has 11 heavy (non-hydrogen) atoms. The highest BCUT2D eigenvalue weighted by Gasteiger charge is 2.04. The molecular formula is C8H8O2S. The molecule has 0 saturated carbocycles. The molecule has 0 spiro atoms. The Hall–Kier alpha value is -0.960. The van der Waals surface area contributed by atoms with Gasteiger partial charge in [-0.15, -0.1) is 0 Å². The molecule has 0 aliphatic heterocycles. The molecule has 1 N–H and O–H groups in total. The first-order chi connectivity index (χ1) is 5.18. The summed E-state index contributed by atoms with van der Waals surface area (Å²) in [6.07, 6.45) is 6.21. The zero-order chi connectivity index (χ0) is 8.27. The van der Waals surface area contributed by atoms with Crippen molar-refractivity contribution < 1.29 is 9.90 Å². The van der Waals surface area contributed by atoms with E-state index in [9.17, 15) is 4.79 Å². The van der Waals surface area contributed by atoms with E-state index in [-0.39, 0.29) is 6.42 Å². The van der Waals surface area contributed by atoms with Crippen molar-refractivity contribution in [3.05, 3.63) is 23.8 Å². The number of carboxylic acid groups (broad SMARTS) is 1. The molecule has 1 aliphatic rings. The van der Waals surface area contributed by atoms with Gasteiger partial charge in [-0.25, -0.2) is 0 Å². The van der Waals surface area contributed by atoms with Crippen LogP contribution in [0.15, 0.2) is 23.8 Å². The average molecular weight is 168 g/mol. The summed E-state index contributed by atoms with van der Waals surface area (Å²) < 4.78 is 0. The summed E-state index contributed by atoms with van der Waals surface area (Å²) in [7, 11) is 0. The highest BCUT2D eigenvalue weighted by Crippen LogP contribution is 2.11. The van der Waals surface area contributed by atoms with Crippen molar-refractivity contribution >= 4 is 23.1 Å². The Balaban J connectivity index is 2.56.